The summed E-state index contributed by atoms with van der Waals surface area (Å²) < 4.78 is 34.5. The number of aryl methyl sites for hydroxylation is 2. The van der Waals surface area contributed by atoms with Crippen molar-refractivity contribution < 1.29 is 47.7 Å². The quantitative estimate of drug-likeness (QED) is 0.0589. The van der Waals surface area contributed by atoms with E-state index in [1.54, 1.807) is 19.0 Å². The molecule has 0 saturated carbocycles. The first-order valence-electron chi connectivity index (χ1n) is 30.7. The van der Waals surface area contributed by atoms with Crippen LogP contribution in [0.2, 0.25) is 0 Å². The number of methoxy groups -OCH3 is 2. The maximum atomic E-state index is 11.7. The van der Waals surface area contributed by atoms with Gasteiger partial charge in [-0.25, -0.2) is 29.7 Å². The summed E-state index contributed by atoms with van der Waals surface area (Å²) in [6, 6.07) is 63.4. The summed E-state index contributed by atoms with van der Waals surface area (Å²) in [5.74, 6) is -1.24. The number of hydrogen-bond donors (Lipinski definition) is 0. The molecule has 3 aliphatic rings. The second kappa shape index (κ2) is 30.4. The molecule has 0 bridgehead atoms. The average molecular weight is 1260 g/mol. The number of esters is 5. The summed E-state index contributed by atoms with van der Waals surface area (Å²) in [6.45, 7) is 2.53. The summed E-state index contributed by atoms with van der Waals surface area (Å²) in [4.78, 5) is 80.1. The van der Waals surface area contributed by atoms with Crippen LogP contribution in [0, 0.1) is 34.5 Å². The minimum atomic E-state index is -0.911. The SMILES string of the molecule is COC(=O)C(CCn1cnc2ccccc21)C(=O)OC.N#CC(C#N)CCn1cnc2ccccc21.O=C1CC(n2c(-c3ccccc3)nc3ccccc32)CCO1.O=C1CC(n2c(-c3ccccc3)nc3ccccc32)CO1.O=C1OCCC1n1cnc2ccccc21. The van der Waals surface area contributed by atoms with E-state index in [-0.39, 0.29) is 36.0 Å². The van der Waals surface area contributed by atoms with Crippen molar-refractivity contribution in [1.29, 1.82) is 10.5 Å². The summed E-state index contributed by atoms with van der Waals surface area (Å²) >= 11 is 0. The summed E-state index contributed by atoms with van der Waals surface area (Å²) in [7, 11) is 2.51. The van der Waals surface area contributed by atoms with E-state index in [4.69, 9.17) is 34.7 Å². The molecule has 5 aromatic heterocycles. The number of carbonyl (C=O) groups excluding carboxylic acids is 5. The van der Waals surface area contributed by atoms with Crippen LogP contribution in [0.5, 0.6) is 0 Å². The normalized spacial score (nSPS) is 15.7. The molecule has 8 heterocycles. The Hall–Kier alpha value is -11.8. The monoisotopic (exact) mass is 1260 g/mol. The highest BCUT2D eigenvalue weighted by atomic mass is 16.6. The Bertz CT molecular complexity index is 4680. The predicted octanol–water partition coefficient (Wildman–Crippen LogP) is 11.8. The molecule has 12 aromatic rings. The molecule has 94 heavy (non-hydrogen) atoms. The van der Waals surface area contributed by atoms with E-state index in [1.165, 1.54) is 14.2 Å². The zero-order valence-electron chi connectivity index (χ0n) is 51.7. The van der Waals surface area contributed by atoms with Crippen molar-refractivity contribution in [2.24, 2.45) is 11.8 Å². The van der Waals surface area contributed by atoms with Gasteiger partial charge in [0.05, 0.1) is 133 Å². The number of ether oxygens (including phenoxy) is 5. The van der Waals surface area contributed by atoms with Gasteiger partial charge < -0.3 is 46.5 Å². The molecule has 0 radical (unpaired) electrons. The van der Waals surface area contributed by atoms with Crippen LogP contribution in [0.4, 0.5) is 0 Å². The van der Waals surface area contributed by atoms with Gasteiger partial charge in [0.1, 0.15) is 30.2 Å². The number of imidazole rings is 5. The molecule has 474 valence electrons. The van der Waals surface area contributed by atoms with E-state index in [0.717, 1.165) is 90.8 Å². The lowest BCUT2D eigenvalue weighted by molar-refractivity contribution is -0.159. The van der Waals surface area contributed by atoms with Crippen molar-refractivity contribution in [3.63, 3.8) is 0 Å². The van der Waals surface area contributed by atoms with Crippen LogP contribution >= 0.6 is 0 Å². The zero-order chi connectivity index (χ0) is 65.3. The van der Waals surface area contributed by atoms with Gasteiger partial charge in [0.25, 0.3) is 0 Å². The van der Waals surface area contributed by atoms with Gasteiger partial charge in [0.15, 0.2) is 5.92 Å². The van der Waals surface area contributed by atoms with Crippen molar-refractivity contribution >= 4 is 85.0 Å². The van der Waals surface area contributed by atoms with Gasteiger partial charge in [-0.1, -0.05) is 121 Å². The first kappa shape index (κ1) is 63.8. The highest BCUT2D eigenvalue weighted by molar-refractivity contribution is 5.95. The molecule has 15 rings (SSSR count). The molecule has 0 spiro atoms. The highest BCUT2D eigenvalue weighted by Crippen LogP contribution is 2.35. The van der Waals surface area contributed by atoms with E-state index in [1.807, 2.05) is 190 Å². The van der Waals surface area contributed by atoms with Gasteiger partial charge in [-0.05, 0) is 73.5 Å². The second-order valence-electron chi connectivity index (χ2n) is 22.2. The van der Waals surface area contributed by atoms with E-state index >= 15 is 0 Å². The Balaban J connectivity index is 0.000000121. The molecule has 3 atom stereocenters. The maximum Gasteiger partial charge on any atom is 0.329 e. The molecule has 22 heteroatoms. The van der Waals surface area contributed by atoms with Crippen LogP contribution in [-0.4, -0.2) is 112 Å². The highest BCUT2D eigenvalue weighted by Gasteiger charge is 2.32. The standard InChI is InChI=1S/C18H16N2O2.C17H14N2O2.C14H16N2O4.C12H10N4.C11H10N2O2/c21-17-12-14(10-11-22-17)20-16-9-5-4-8-15(16)19-18(20)13-6-2-1-3-7-13;20-16-10-13(11-21-16)19-15-9-5-4-8-14(15)18-17(19)12-6-2-1-3-7-12;1-19-13(17)10(14(18)20-2)7-8-16-9-15-11-5-3-4-6-12(11)16;13-7-10(8-14)5-6-16-9-15-11-3-1-2-4-12(11)16;14-11-10(5-6-15-11)13-7-12-8-3-1-2-4-9(8)13/h1-9,14H,10-12H2;1-9,13H,10-11H2;3-6,9-10H,7-8H2,1-2H3;1-4,9-10H,5-6H2;1-4,7,10H,5-6H2. The number of fused-ring (bicyclic) bond motifs is 5. The average Bonchev–Trinajstić information content (AvgIpc) is 1.66. The van der Waals surface area contributed by atoms with Gasteiger partial charge in [-0.2, -0.15) is 10.5 Å². The number of cyclic esters (lactones) is 3. The molecule has 0 N–H and O–H groups in total. The van der Waals surface area contributed by atoms with Crippen molar-refractivity contribution in [2.45, 2.75) is 69.7 Å². The predicted molar refractivity (Wildman–Crippen MR) is 349 cm³/mol. The van der Waals surface area contributed by atoms with Gasteiger partial charge in [0, 0.05) is 43.1 Å². The number of benzene rings is 7. The zero-order valence-corrected chi connectivity index (χ0v) is 51.7. The Morgan fingerprint density at radius 3 is 1.40 bits per heavy atom. The number of rotatable bonds is 13. The largest absolute Gasteiger partial charge is 0.468 e. The summed E-state index contributed by atoms with van der Waals surface area (Å²) in [5, 5.41) is 17.3. The smallest absolute Gasteiger partial charge is 0.329 e. The van der Waals surface area contributed by atoms with E-state index in [2.05, 4.69) is 51.8 Å². The van der Waals surface area contributed by atoms with Gasteiger partial charge in [-0.15, -0.1) is 0 Å². The lowest BCUT2D eigenvalue weighted by Gasteiger charge is -2.25. The van der Waals surface area contributed by atoms with Crippen LogP contribution < -0.4 is 0 Å². The Kier molecular flexibility index (Phi) is 20.6. The fourth-order valence-corrected chi connectivity index (χ4v) is 11.6. The van der Waals surface area contributed by atoms with Crippen LogP contribution in [0.1, 0.15) is 56.7 Å². The van der Waals surface area contributed by atoms with Crippen LogP contribution in [0.15, 0.2) is 201 Å². The molecular weight excluding hydrogens is 1190 g/mol. The number of carbonyl (C=O) groups is 5. The molecule has 3 saturated heterocycles. The Labute approximate surface area is 540 Å². The minimum Gasteiger partial charge on any atom is -0.468 e. The van der Waals surface area contributed by atoms with Crippen molar-refractivity contribution in [2.75, 3.05) is 34.0 Å². The second-order valence-corrected chi connectivity index (χ2v) is 22.2. The summed E-state index contributed by atoms with van der Waals surface area (Å²) in [5.41, 5.74) is 11.8. The molecule has 22 nitrogen and oxygen atoms in total. The molecule has 0 aliphatic carbocycles. The Morgan fingerprint density at radius 1 is 0.500 bits per heavy atom. The van der Waals surface area contributed by atoms with Crippen LogP contribution in [0.25, 0.3) is 77.9 Å². The fraction of sp³-hybridized carbons (Fsp3) is 0.250. The lowest BCUT2D eigenvalue weighted by atomic mass is 10.1. The van der Waals surface area contributed by atoms with Crippen molar-refractivity contribution in [3.05, 3.63) is 201 Å². The molecule has 3 unspecified atom stereocenters. The van der Waals surface area contributed by atoms with E-state index in [0.29, 0.717) is 58.6 Å². The van der Waals surface area contributed by atoms with Crippen molar-refractivity contribution in [1.82, 2.24) is 47.8 Å². The number of para-hydroxylation sites is 10. The van der Waals surface area contributed by atoms with Crippen LogP contribution in [0.3, 0.4) is 0 Å². The van der Waals surface area contributed by atoms with Gasteiger partial charge in [-0.3, -0.25) is 19.2 Å². The Morgan fingerprint density at radius 2 is 0.926 bits per heavy atom. The number of aromatic nitrogens is 10. The van der Waals surface area contributed by atoms with E-state index < -0.39 is 23.8 Å². The van der Waals surface area contributed by atoms with Crippen LogP contribution in [-0.2, 0) is 60.7 Å². The molecule has 3 aliphatic heterocycles. The number of hydrogen-bond acceptors (Lipinski definition) is 17. The molecular formula is C72H66N12O10. The fourth-order valence-electron chi connectivity index (χ4n) is 11.6. The van der Waals surface area contributed by atoms with Gasteiger partial charge >= 0.3 is 29.8 Å². The maximum absolute atomic E-state index is 11.7. The van der Waals surface area contributed by atoms with Crippen molar-refractivity contribution in [3.8, 4) is 34.9 Å². The molecule has 0 amide bonds. The van der Waals surface area contributed by atoms with E-state index in [9.17, 15) is 24.0 Å². The molecule has 7 aromatic carbocycles. The number of nitriles is 2. The third kappa shape index (κ3) is 14.7. The lowest BCUT2D eigenvalue weighted by Crippen LogP contribution is -2.27. The van der Waals surface area contributed by atoms with Gasteiger partial charge in [0.2, 0.25) is 0 Å². The first-order valence-corrected chi connectivity index (χ1v) is 30.7. The number of nitrogens with zero attached hydrogens (tertiary/aromatic N) is 12. The third-order valence-corrected chi connectivity index (χ3v) is 16.3. The third-order valence-electron chi connectivity index (χ3n) is 16.3. The topological polar surface area (TPSA) is 268 Å². The summed E-state index contributed by atoms with van der Waals surface area (Å²) in [6.07, 6.45) is 8.35. The first-order chi connectivity index (χ1) is 46.0. The molecule has 3 fully saturated rings. The minimum absolute atomic E-state index is 0.0140.